The van der Waals surface area contributed by atoms with Gasteiger partial charge < -0.3 is 11.1 Å². The molecule has 2 heterocycles. The molecule has 1 aromatic carbocycles. The molecule has 1 aliphatic carbocycles. The first-order chi connectivity index (χ1) is 11.5. The van der Waals surface area contributed by atoms with Crippen molar-refractivity contribution in [2.24, 2.45) is 5.73 Å². The van der Waals surface area contributed by atoms with Crippen LogP contribution in [0.25, 0.3) is 10.9 Å². The summed E-state index contributed by atoms with van der Waals surface area (Å²) in [6.45, 7) is 0. The third-order valence-corrected chi connectivity index (χ3v) is 5.51. The lowest BCUT2D eigenvalue weighted by atomic mass is 10.1. The number of carbonyl (C=O) groups excluding carboxylic acids is 2. The molecule has 4 rings (SSSR count). The lowest BCUT2D eigenvalue weighted by Gasteiger charge is -2.05. The number of hydrogen-bond acceptors (Lipinski definition) is 5. The van der Waals surface area contributed by atoms with E-state index in [0.29, 0.717) is 32.1 Å². The molecule has 1 fully saturated rings. The molecular formula is C15H12BrN5O2S. The summed E-state index contributed by atoms with van der Waals surface area (Å²) < 4.78 is 0.704. The Morgan fingerprint density at radius 1 is 1.33 bits per heavy atom. The second-order valence-electron chi connectivity index (χ2n) is 5.60. The Labute approximate surface area is 148 Å². The summed E-state index contributed by atoms with van der Waals surface area (Å²) in [4.78, 5) is 29.3. The van der Waals surface area contributed by atoms with Gasteiger partial charge in [0.05, 0.1) is 5.52 Å². The van der Waals surface area contributed by atoms with E-state index in [0.717, 1.165) is 17.7 Å². The molecule has 1 aliphatic rings. The van der Waals surface area contributed by atoms with Gasteiger partial charge in [0.1, 0.15) is 5.69 Å². The van der Waals surface area contributed by atoms with E-state index in [-0.39, 0.29) is 11.6 Å². The van der Waals surface area contributed by atoms with Crippen LogP contribution in [0.15, 0.2) is 22.1 Å². The summed E-state index contributed by atoms with van der Waals surface area (Å²) in [5, 5.41) is 10.0. The molecule has 0 spiro atoms. The summed E-state index contributed by atoms with van der Waals surface area (Å²) in [5.41, 5.74) is 7.15. The van der Waals surface area contributed by atoms with Gasteiger partial charge >= 0.3 is 0 Å². The molecule has 24 heavy (non-hydrogen) atoms. The van der Waals surface area contributed by atoms with Gasteiger partial charge in [0.15, 0.2) is 9.61 Å². The molecule has 0 unspecified atom stereocenters. The first-order valence-electron chi connectivity index (χ1n) is 7.28. The van der Waals surface area contributed by atoms with Gasteiger partial charge in [0.25, 0.3) is 11.8 Å². The normalized spacial score (nSPS) is 14.0. The van der Waals surface area contributed by atoms with Gasteiger partial charge in [-0.1, -0.05) is 0 Å². The van der Waals surface area contributed by atoms with E-state index in [4.69, 9.17) is 5.73 Å². The molecule has 122 valence electrons. The molecule has 1 saturated carbocycles. The van der Waals surface area contributed by atoms with Crippen molar-refractivity contribution in [1.29, 1.82) is 0 Å². The van der Waals surface area contributed by atoms with Gasteiger partial charge in [-0.2, -0.15) is 5.10 Å². The number of hydrogen-bond donors (Lipinski definition) is 3. The van der Waals surface area contributed by atoms with Crippen LogP contribution < -0.4 is 11.1 Å². The number of aromatic nitrogens is 3. The smallest absolute Gasteiger partial charge is 0.275 e. The second-order valence-corrected chi connectivity index (χ2v) is 7.91. The molecule has 9 heteroatoms. The number of nitrogens with two attached hydrogens (primary N) is 1. The highest BCUT2D eigenvalue weighted by Gasteiger charge is 2.31. The summed E-state index contributed by atoms with van der Waals surface area (Å²) in [6.07, 6.45) is 2.19. The van der Waals surface area contributed by atoms with E-state index < -0.39 is 5.91 Å². The van der Waals surface area contributed by atoms with E-state index in [2.05, 4.69) is 36.4 Å². The van der Waals surface area contributed by atoms with Crippen LogP contribution in [-0.4, -0.2) is 27.0 Å². The van der Waals surface area contributed by atoms with Crippen molar-refractivity contribution in [3.63, 3.8) is 0 Å². The first kappa shape index (κ1) is 15.3. The fourth-order valence-corrected chi connectivity index (χ4v) is 4.22. The van der Waals surface area contributed by atoms with Gasteiger partial charge in [0.2, 0.25) is 0 Å². The fourth-order valence-electron chi connectivity index (χ4n) is 2.56. The van der Waals surface area contributed by atoms with Crippen molar-refractivity contribution in [1.82, 2.24) is 15.2 Å². The van der Waals surface area contributed by atoms with Gasteiger partial charge in [0, 0.05) is 16.0 Å². The van der Waals surface area contributed by atoms with Crippen molar-refractivity contribution < 1.29 is 9.59 Å². The number of thiazole rings is 1. The zero-order valence-electron chi connectivity index (χ0n) is 12.3. The molecule has 7 nitrogen and oxygen atoms in total. The highest BCUT2D eigenvalue weighted by molar-refractivity contribution is 9.11. The summed E-state index contributed by atoms with van der Waals surface area (Å²) in [6, 6.07) is 5.15. The lowest BCUT2D eigenvalue weighted by Crippen LogP contribution is -2.14. The number of benzene rings is 1. The summed E-state index contributed by atoms with van der Waals surface area (Å²) in [7, 11) is 0. The standard InChI is InChI=1S/C15H12BrN5O2S/c16-15-19-11(12(24-15)6-1-2-6)14(23)18-7-3-4-9-8(5-7)10(13(17)22)21-20-9/h3-6H,1-2H2,(H2,17,22)(H,18,23)(H,20,21). The molecule has 2 amide bonds. The first-order valence-corrected chi connectivity index (χ1v) is 8.89. The van der Waals surface area contributed by atoms with E-state index in [1.54, 1.807) is 18.2 Å². The number of halogens is 1. The Hall–Kier alpha value is -2.26. The summed E-state index contributed by atoms with van der Waals surface area (Å²) in [5.74, 6) is -0.445. The largest absolute Gasteiger partial charge is 0.364 e. The predicted molar refractivity (Wildman–Crippen MR) is 94.4 cm³/mol. The van der Waals surface area contributed by atoms with Gasteiger partial charge in [-0.15, -0.1) is 11.3 Å². The Balaban J connectivity index is 1.65. The molecule has 0 radical (unpaired) electrons. The van der Waals surface area contributed by atoms with Crippen LogP contribution >= 0.6 is 27.3 Å². The maximum Gasteiger partial charge on any atom is 0.275 e. The quantitative estimate of drug-likeness (QED) is 0.618. The van der Waals surface area contributed by atoms with Crippen molar-refractivity contribution in [3.8, 4) is 0 Å². The second kappa shape index (κ2) is 5.67. The Morgan fingerprint density at radius 3 is 2.83 bits per heavy atom. The molecule has 4 N–H and O–H groups in total. The average molecular weight is 406 g/mol. The minimum Gasteiger partial charge on any atom is -0.364 e. The minimum absolute atomic E-state index is 0.149. The SMILES string of the molecule is NC(=O)c1n[nH]c2ccc(NC(=O)c3nc(Br)sc3C3CC3)cc12. The number of H-pyrrole nitrogens is 1. The number of rotatable bonds is 4. The molecule has 0 aliphatic heterocycles. The Bertz CT molecular complexity index is 976. The number of nitrogens with one attached hydrogen (secondary N) is 2. The molecule has 2 aromatic heterocycles. The van der Waals surface area contributed by atoms with Crippen LogP contribution in [-0.2, 0) is 0 Å². The minimum atomic E-state index is -0.621. The van der Waals surface area contributed by atoms with Crippen molar-refractivity contribution in [2.75, 3.05) is 5.32 Å². The molecule has 0 bridgehead atoms. The molecule has 0 atom stereocenters. The number of aromatic amines is 1. The van der Waals surface area contributed by atoms with Crippen LogP contribution in [0.5, 0.6) is 0 Å². The number of anilines is 1. The Morgan fingerprint density at radius 2 is 2.12 bits per heavy atom. The van der Waals surface area contributed by atoms with Crippen molar-refractivity contribution in [2.45, 2.75) is 18.8 Å². The molecular weight excluding hydrogens is 394 g/mol. The number of nitrogens with zero attached hydrogens (tertiary/aromatic N) is 2. The highest BCUT2D eigenvalue weighted by atomic mass is 79.9. The van der Waals surface area contributed by atoms with Crippen LogP contribution in [0.3, 0.4) is 0 Å². The van der Waals surface area contributed by atoms with Crippen molar-refractivity contribution >= 4 is 55.7 Å². The Kier molecular flexibility index (Phi) is 3.61. The topological polar surface area (TPSA) is 114 Å². The molecule has 0 saturated heterocycles. The maximum atomic E-state index is 12.6. The van der Waals surface area contributed by atoms with Crippen LogP contribution in [0, 0.1) is 0 Å². The third-order valence-electron chi connectivity index (χ3n) is 3.84. The van der Waals surface area contributed by atoms with Crippen LogP contribution in [0.1, 0.15) is 44.6 Å². The number of amides is 2. The van der Waals surface area contributed by atoms with Crippen LogP contribution in [0.4, 0.5) is 5.69 Å². The number of fused-ring (bicyclic) bond motifs is 1. The zero-order valence-corrected chi connectivity index (χ0v) is 14.7. The van der Waals surface area contributed by atoms with Crippen LogP contribution in [0.2, 0.25) is 0 Å². The molecule has 3 aromatic rings. The van der Waals surface area contributed by atoms with E-state index in [9.17, 15) is 9.59 Å². The van der Waals surface area contributed by atoms with E-state index >= 15 is 0 Å². The third kappa shape index (κ3) is 2.69. The monoisotopic (exact) mass is 405 g/mol. The number of carbonyl (C=O) groups is 2. The van der Waals surface area contributed by atoms with E-state index in [1.165, 1.54) is 11.3 Å². The fraction of sp³-hybridized carbons (Fsp3) is 0.200. The lowest BCUT2D eigenvalue weighted by molar-refractivity contribution is 0.0994. The summed E-state index contributed by atoms with van der Waals surface area (Å²) >= 11 is 4.85. The van der Waals surface area contributed by atoms with E-state index in [1.807, 2.05) is 0 Å². The average Bonchev–Trinajstić information content (AvgIpc) is 3.17. The predicted octanol–water partition coefficient (Wildman–Crippen LogP) is 3.01. The number of primary amides is 1. The highest BCUT2D eigenvalue weighted by Crippen LogP contribution is 2.45. The van der Waals surface area contributed by atoms with Crippen molar-refractivity contribution in [3.05, 3.63) is 38.4 Å². The van der Waals surface area contributed by atoms with Gasteiger partial charge in [-0.05, 0) is 52.9 Å². The van der Waals surface area contributed by atoms with Gasteiger partial charge in [-0.25, -0.2) is 4.98 Å². The van der Waals surface area contributed by atoms with Gasteiger partial charge in [-0.3, -0.25) is 14.7 Å². The maximum absolute atomic E-state index is 12.6. The zero-order chi connectivity index (χ0) is 16.8.